The standard InChI is InChI=1S/C12H27NO2S/c1-12(2)4-8-15-9-5-13-6-11-16-10-3-7-14/h12-14H,3-11H2,1-2H3. The molecule has 0 atom stereocenters. The normalized spacial score (nSPS) is 11.2. The van der Waals surface area contributed by atoms with Crippen molar-refractivity contribution >= 4 is 11.8 Å². The molecule has 0 heterocycles. The van der Waals surface area contributed by atoms with E-state index in [-0.39, 0.29) is 0 Å². The molecular formula is C12H27NO2S. The van der Waals surface area contributed by atoms with E-state index < -0.39 is 0 Å². The maximum absolute atomic E-state index is 8.58. The number of ether oxygens (including phenoxy) is 1. The molecule has 0 fully saturated rings. The van der Waals surface area contributed by atoms with E-state index in [9.17, 15) is 0 Å². The minimum Gasteiger partial charge on any atom is -0.396 e. The van der Waals surface area contributed by atoms with Crippen LogP contribution in [-0.2, 0) is 4.74 Å². The molecular weight excluding hydrogens is 222 g/mol. The third-order valence-corrected chi connectivity index (χ3v) is 3.20. The summed E-state index contributed by atoms with van der Waals surface area (Å²) in [5.74, 6) is 2.91. The Hall–Kier alpha value is 0.230. The smallest absolute Gasteiger partial charge is 0.0590 e. The van der Waals surface area contributed by atoms with Crippen LogP contribution in [0.25, 0.3) is 0 Å². The fourth-order valence-corrected chi connectivity index (χ4v) is 1.93. The highest BCUT2D eigenvalue weighted by Crippen LogP contribution is 2.00. The van der Waals surface area contributed by atoms with Gasteiger partial charge in [-0.15, -0.1) is 0 Å². The Kier molecular flexibility index (Phi) is 13.5. The van der Waals surface area contributed by atoms with Crippen LogP contribution in [0.3, 0.4) is 0 Å². The third-order valence-electron chi connectivity index (χ3n) is 2.13. The first-order chi connectivity index (χ1) is 7.77. The summed E-state index contributed by atoms with van der Waals surface area (Å²) in [6, 6.07) is 0. The summed E-state index contributed by atoms with van der Waals surface area (Å²) in [5, 5.41) is 11.9. The van der Waals surface area contributed by atoms with E-state index in [0.717, 1.165) is 56.6 Å². The molecule has 0 radical (unpaired) electrons. The van der Waals surface area contributed by atoms with Crippen molar-refractivity contribution in [2.75, 3.05) is 44.4 Å². The summed E-state index contributed by atoms with van der Waals surface area (Å²) < 4.78 is 5.49. The van der Waals surface area contributed by atoms with Gasteiger partial charge in [0.05, 0.1) is 6.61 Å². The maximum Gasteiger partial charge on any atom is 0.0590 e. The first-order valence-corrected chi connectivity index (χ1v) is 7.40. The zero-order valence-corrected chi connectivity index (χ0v) is 11.5. The Labute approximate surface area is 104 Å². The molecule has 0 aromatic heterocycles. The summed E-state index contributed by atoms with van der Waals surface area (Å²) >= 11 is 1.89. The molecule has 0 aliphatic rings. The van der Waals surface area contributed by atoms with Crippen LogP contribution in [0, 0.1) is 5.92 Å². The van der Waals surface area contributed by atoms with Gasteiger partial charge in [0, 0.05) is 32.1 Å². The molecule has 0 aliphatic heterocycles. The summed E-state index contributed by atoms with van der Waals surface area (Å²) in [4.78, 5) is 0. The summed E-state index contributed by atoms with van der Waals surface area (Å²) in [6.45, 7) is 8.40. The monoisotopic (exact) mass is 249 g/mol. The fourth-order valence-electron chi connectivity index (χ4n) is 1.10. The first-order valence-electron chi connectivity index (χ1n) is 6.24. The SMILES string of the molecule is CC(C)CCOCCNCCSCCCO. The van der Waals surface area contributed by atoms with Gasteiger partial charge < -0.3 is 15.2 Å². The van der Waals surface area contributed by atoms with Gasteiger partial charge in [-0.3, -0.25) is 0 Å². The van der Waals surface area contributed by atoms with Crippen LogP contribution in [0.1, 0.15) is 26.7 Å². The second kappa shape index (κ2) is 13.3. The average molecular weight is 249 g/mol. The van der Waals surface area contributed by atoms with E-state index in [2.05, 4.69) is 19.2 Å². The number of aliphatic hydroxyl groups excluding tert-OH is 1. The lowest BCUT2D eigenvalue weighted by Gasteiger charge is -2.07. The van der Waals surface area contributed by atoms with Gasteiger partial charge in [0.2, 0.25) is 0 Å². The molecule has 0 unspecified atom stereocenters. The molecule has 0 spiro atoms. The van der Waals surface area contributed by atoms with Crippen LogP contribution in [0.2, 0.25) is 0 Å². The van der Waals surface area contributed by atoms with Gasteiger partial charge in [-0.1, -0.05) is 13.8 Å². The lowest BCUT2D eigenvalue weighted by atomic mass is 10.1. The van der Waals surface area contributed by atoms with E-state index in [1.165, 1.54) is 0 Å². The number of aliphatic hydroxyl groups is 1. The van der Waals surface area contributed by atoms with Crippen LogP contribution in [0.4, 0.5) is 0 Å². The van der Waals surface area contributed by atoms with Crippen LogP contribution in [-0.4, -0.2) is 49.5 Å². The highest BCUT2D eigenvalue weighted by molar-refractivity contribution is 7.99. The van der Waals surface area contributed by atoms with Crippen molar-refractivity contribution in [3.8, 4) is 0 Å². The van der Waals surface area contributed by atoms with Crippen LogP contribution in [0.15, 0.2) is 0 Å². The van der Waals surface area contributed by atoms with Gasteiger partial charge in [-0.2, -0.15) is 11.8 Å². The van der Waals surface area contributed by atoms with Gasteiger partial charge in [-0.05, 0) is 24.5 Å². The lowest BCUT2D eigenvalue weighted by molar-refractivity contribution is 0.126. The Balaban J connectivity index is 2.88. The zero-order chi connectivity index (χ0) is 12.1. The van der Waals surface area contributed by atoms with Crippen molar-refractivity contribution in [3.05, 3.63) is 0 Å². The van der Waals surface area contributed by atoms with Crippen LogP contribution < -0.4 is 5.32 Å². The molecule has 0 saturated heterocycles. The molecule has 0 aromatic rings. The third kappa shape index (κ3) is 14.2. The molecule has 16 heavy (non-hydrogen) atoms. The van der Waals surface area contributed by atoms with Crippen molar-refractivity contribution in [2.45, 2.75) is 26.7 Å². The Bertz CT molecular complexity index is 134. The molecule has 0 amide bonds. The zero-order valence-electron chi connectivity index (χ0n) is 10.7. The largest absolute Gasteiger partial charge is 0.396 e. The molecule has 3 nitrogen and oxygen atoms in total. The molecule has 4 heteroatoms. The van der Waals surface area contributed by atoms with Crippen molar-refractivity contribution < 1.29 is 9.84 Å². The maximum atomic E-state index is 8.58. The second-order valence-electron chi connectivity index (χ2n) is 4.23. The van der Waals surface area contributed by atoms with E-state index in [1.807, 2.05) is 11.8 Å². The highest BCUT2D eigenvalue weighted by Gasteiger charge is 1.94. The van der Waals surface area contributed by atoms with Crippen molar-refractivity contribution in [2.24, 2.45) is 5.92 Å². The second-order valence-corrected chi connectivity index (χ2v) is 5.46. The first kappa shape index (κ1) is 16.2. The number of rotatable bonds is 12. The predicted molar refractivity (Wildman–Crippen MR) is 72.2 cm³/mol. The molecule has 0 aliphatic carbocycles. The molecule has 98 valence electrons. The quantitative estimate of drug-likeness (QED) is 0.517. The van der Waals surface area contributed by atoms with Crippen LogP contribution in [0.5, 0.6) is 0 Å². The molecule has 2 N–H and O–H groups in total. The topological polar surface area (TPSA) is 41.5 Å². The number of thioether (sulfide) groups is 1. The van der Waals surface area contributed by atoms with Gasteiger partial charge in [0.1, 0.15) is 0 Å². The van der Waals surface area contributed by atoms with Crippen LogP contribution >= 0.6 is 11.8 Å². The number of hydrogen-bond donors (Lipinski definition) is 2. The molecule has 0 rings (SSSR count). The molecule has 0 aromatic carbocycles. The van der Waals surface area contributed by atoms with Gasteiger partial charge in [0.15, 0.2) is 0 Å². The summed E-state index contributed by atoms with van der Waals surface area (Å²) in [6.07, 6.45) is 2.06. The minimum absolute atomic E-state index is 0.310. The lowest BCUT2D eigenvalue weighted by Crippen LogP contribution is -2.22. The van der Waals surface area contributed by atoms with Crippen molar-refractivity contribution in [3.63, 3.8) is 0 Å². The van der Waals surface area contributed by atoms with E-state index >= 15 is 0 Å². The van der Waals surface area contributed by atoms with E-state index in [1.54, 1.807) is 0 Å². The van der Waals surface area contributed by atoms with E-state index in [0.29, 0.717) is 6.61 Å². The van der Waals surface area contributed by atoms with Gasteiger partial charge in [-0.25, -0.2) is 0 Å². The number of hydrogen-bond acceptors (Lipinski definition) is 4. The predicted octanol–water partition coefficient (Wildman–Crippen LogP) is 1.75. The van der Waals surface area contributed by atoms with Crippen molar-refractivity contribution in [1.29, 1.82) is 0 Å². The Morgan fingerprint density at radius 2 is 2.00 bits per heavy atom. The molecule has 0 bridgehead atoms. The minimum atomic E-state index is 0.310. The summed E-state index contributed by atoms with van der Waals surface area (Å²) in [5.41, 5.74) is 0. The van der Waals surface area contributed by atoms with Crippen molar-refractivity contribution in [1.82, 2.24) is 5.32 Å². The van der Waals surface area contributed by atoms with Gasteiger partial charge >= 0.3 is 0 Å². The Morgan fingerprint density at radius 1 is 1.19 bits per heavy atom. The fraction of sp³-hybridized carbons (Fsp3) is 1.00. The summed E-state index contributed by atoms with van der Waals surface area (Å²) in [7, 11) is 0. The van der Waals surface area contributed by atoms with E-state index in [4.69, 9.17) is 9.84 Å². The average Bonchev–Trinajstić information content (AvgIpc) is 2.25. The Morgan fingerprint density at radius 3 is 2.69 bits per heavy atom. The highest BCUT2D eigenvalue weighted by atomic mass is 32.2. The van der Waals surface area contributed by atoms with Gasteiger partial charge in [0.25, 0.3) is 0 Å². The molecule has 0 saturated carbocycles. The number of nitrogens with one attached hydrogen (secondary N) is 1.